The van der Waals surface area contributed by atoms with Crippen LogP contribution in [0.25, 0.3) is 0 Å². The summed E-state index contributed by atoms with van der Waals surface area (Å²) in [5, 5.41) is 2.52. The second kappa shape index (κ2) is 7.00. The lowest BCUT2D eigenvalue weighted by molar-refractivity contribution is -0.118. The number of aromatic nitrogens is 1. The van der Waals surface area contributed by atoms with Gasteiger partial charge < -0.3 is 4.74 Å². The Bertz CT molecular complexity index is 543. The smallest absolute Gasteiger partial charge is 0.228 e. The lowest BCUT2D eigenvalue weighted by Crippen LogP contribution is -2.26. The minimum absolute atomic E-state index is 0.00246. The molecular weight excluding hydrogens is 279 g/mol. The molecule has 4 nitrogen and oxygen atoms in total. The van der Waals surface area contributed by atoms with E-state index >= 15 is 0 Å². The molecule has 20 heavy (non-hydrogen) atoms. The summed E-state index contributed by atoms with van der Waals surface area (Å²) in [6.07, 6.45) is 2.66. The molecule has 0 atom stereocenters. The summed E-state index contributed by atoms with van der Waals surface area (Å²) in [5.41, 5.74) is 0. The molecule has 1 heterocycles. The Morgan fingerprint density at radius 1 is 1.40 bits per heavy atom. The molecular formula is C14H15FN2O2S. The van der Waals surface area contributed by atoms with E-state index < -0.39 is 0 Å². The highest BCUT2D eigenvalue weighted by atomic mass is 32.1. The third-order valence-electron chi connectivity index (χ3n) is 2.70. The van der Waals surface area contributed by atoms with Crippen molar-refractivity contribution in [3.8, 4) is 5.75 Å². The van der Waals surface area contributed by atoms with E-state index in [1.54, 1.807) is 30.3 Å². The standard InChI is InChI=1S/C14H15FN2O2S/c1-17(14-16-8-10-20-14)13(18)3-2-9-19-12-6-4-11(15)5-7-12/h4-8,10H,2-3,9H2,1H3. The number of benzene rings is 1. The van der Waals surface area contributed by atoms with Gasteiger partial charge in [-0.15, -0.1) is 11.3 Å². The molecule has 1 aromatic carbocycles. The average Bonchev–Trinajstić information content (AvgIpc) is 2.98. The molecule has 0 spiro atoms. The third-order valence-corrected chi connectivity index (χ3v) is 3.55. The van der Waals surface area contributed by atoms with Crippen LogP contribution in [0.2, 0.25) is 0 Å². The maximum absolute atomic E-state index is 12.7. The van der Waals surface area contributed by atoms with Gasteiger partial charge in [-0.3, -0.25) is 9.69 Å². The van der Waals surface area contributed by atoms with Crippen molar-refractivity contribution >= 4 is 22.4 Å². The molecule has 0 fully saturated rings. The first-order chi connectivity index (χ1) is 9.66. The lowest BCUT2D eigenvalue weighted by Gasteiger charge is -2.13. The molecule has 0 saturated heterocycles. The van der Waals surface area contributed by atoms with Crippen LogP contribution in [0, 0.1) is 5.82 Å². The fraction of sp³-hybridized carbons (Fsp3) is 0.286. The molecule has 0 radical (unpaired) electrons. The van der Waals surface area contributed by atoms with Crippen molar-refractivity contribution in [1.29, 1.82) is 0 Å². The first-order valence-corrected chi connectivity index (χ1v) is 7.09. The summed E-state index contributed by atoms with van der Waals surface area (Å²) in [6.45, 7) is 0.420. The molecule has 0 N–H and O–H groups in total. The number of rotatable bonds is 6. The number of ether oxygens (including phenoxy) is 1. The summed E-state index contributed by atoms with van der Waals surface area (Å²) in [7, 11) is 1.71. The summed E-state index contributed by atoms with van der Waals surface area (Å²) in [5.74, 6) is 0.312. The van der Waals surface area contributed by atoms with Gasteiger partial charge in [-0.1, -0.05) is 0 Å². The number of hydrogen-bond acceptors (Lipinski definition) is 4. The Balaban J connectivity index is 1.70. The second-order valence-corrected chi connectivity index (χ2v) is 5.05. The topological polar surface area (TPSA) is 42.4 Å². The van der Waals surface area contributed by atoms with E-state index in [0.29, 0.717) is 30.3 Å². The number of anilines is 1. The van der Waals surface area contributed by atoms with Gasteiger partial charge in [-0.05, 0) is 30.7 Å². The van der Waals surface area contributed by atoms with Gasteiger partial charge in [0.25, 0.3) is 0 Å². The Morgan fingerprint density at radius 2 is 2.15 bits per heavy atom. The van der Waals surface area contributed by atoms with Crippen molar-refractivity contribution in [2.75, 3.05) is 18.6 Å². The molecule has 0 aliphatic carbocycles. The van der Waals surface area contributed by atoms with Crippen LogP contribution in [0.4, 0.5) is 9.52 Å². The van der Waals surface area contributed by atoms with E-state index in [0.717, 1.165) is 0 Å². The van der Waals surface area contributed by atoms with Gasteiger partial charge in [0.2, 0.25) is 5.91 Å². The Labute approximate surface area is 120 Å². The van der Waals surface area contributed by atoms with Crippen LogP contribution in [0.5, 0.6) is 5.75 Å². The van der Waals surface area contributed by atoms with Gasteiger partial charge in [-0.2, -0.15) is 0 Å². The summed E-state index contributed by atoms with van der Waals surface area (Å²) in [6, 6.07) is 5.82. The molecule has 0 bridgehead atoms. The van der Waals surface area contributed by atoms with Crippen LogP contribution >= 0.6 is 11.3 Å². The fourth-order valence-electron chi connectivity index (χ4n) is 1.60. The zero-order chi connectivity index (χ0) is 14.4. The quantitative estimate of drug-likeness (QED) is 0.769. The first-order valence-electron chi connectivity index (χ1n) is 6.21. The average molecular weight is 294 g/mol. The minimum atomic E-state index is -0.294. The molecule has 0 saturated carbocycles. The van der Waals surface area contributed by atoms with Crippen LogP contribution in [-0.4, -0.2) is 24.5 Å². The monoisotopic (exact) mass is 294 g/mol. The lowest BCUT2D eigenvalue weighted by atomic mass is 10.3. The number of thiazole rings is 1. The SMILES string of the molecule is CN(C(=O)CCCOc1ccc(F)cc1)c1nccs1. The largest absolute Gasteiger partial charge is 0.494 e. The van der Waals surface area contributed by atoms with Gasteiger partial charge in [0, 0.05) is 25.0 Å². The second-order valence-electron chi connectivity index (χ2n) is 4.17. The normalized spacial score (nSPS) is 10.3. The molecule has 0 unspecified atom stereocenters. The molecule has 0 aliphatic heterocycles. The highest BCUT2D eigenvalue weighted by molar-refractivity contribution is 7.13. The van der Waals surface area contributed by atoms with Gasteiger partial charge in [0.1, 0.15) is 11.6 Å². The van der Waals surface area contributed by atoms with E-state index in [2.05, 4.69) is 4.98 Å². The predicted molar refractivity (Wildman–Crippen MR) is 76.7 cm³/mol. The Morgan fingerprint density at radius 3 is 2.80 bits per heavy atom. The third kappa shape index (κ3) is 4.03. The fourth-order valence-corrected chi connectivity index (χ4v) is 2.23. The number of carbonyl (C=O) groups is 1. The highest BCUT2D eigenvalue weighted by Gasteiger charge is 2.12. The maximum Gasteiger partial charge on any atom is 0.228 e. The number of amides is 1. The zero-order valence-electron chi connectivity index (χ0n) is 11.1. The van der Waals surface area contributed by atoms with E-state index in [9.17, 15) is 9.18 Å². The molecule has 1 amide bonds. The van der Waals surface area contributed by atoms with Crippen molar-refractivity contribution in [2.24, 2.45) is 0 Å². The van der Waals surface area contributed by atoms with E-state index in [1.165, 1.54) is 23.5 Å². The van der Waals surface area contributed by atoms with Crippen LogP contribution in [0.15, 0.2) is 35.8 Å². The van der Waals surface area contributed by atoms with Crippen molar-refractivity contribution in [3.63, 3.8) is 0 Å². The van der Waals surface area contributed by atoms with E-state index in [4.69, 9.17) is 4.74 Å². The van der Waals surface area contributed by atoms with E-state index in [1.807, 2.05) is 5.38 Å². The van der Waals surface area contributed by atoms with Crippen molar-refractivity contribution < 1.29 is 13.9 Å². The summed E-state index contributed by atoms with van der Waals surface area (Å²) < 4.78 is 18.1. The van der Waals surface area contributed by atoms with Gasteiger partial charge in [0.05, 0.1) is 6.61 Å². The summed E-state index contributed by atoms with van der Waals surface area (Å²) >= 11 is 1.42. The van der Waals surface area contributed by atoms with Crippen LogP contribution < -0.4 is 9.64 Å². The zero-order valence-corrected chi connectivity index (χ0v) is 11.9. The van der Waals surface area contributed by atoms with Crippen LogP contribution in [-0.2, 0) is 4.79 Å². The molecule has 0 aliphatic rings. The first kappa shape index (κ1) is 14.5. The van der Waals surface area contributed by atoms with Crippen LogP contribution in [0.3, 0.4) is 0 Å². The minimum Gasteiger partial charge on any atom is -0.494 e. The number of carbonyl (C=O) groups excluding carboxylic acids is 1. The molecule has 106 valence electrons. The molecule has 6 heteroatoms. The van der Waals surface area contributed by atoms with Crippen LogP contribution in [0.1, 0.15) is 12.8 Å². The Hall–Kier alpha value is -1.95. The molecule has 2 rings (SSSR count). The number of nitrogens with zero attached hydrogens (tertiary/aromatic N) is 2. The number of hydrogen-bond donors (Lipinski definition) is 0. The highest BCUT2D eigenvalue weighted by Crippen LogP contribution is 2.17. The van der Waals surface area contributed by atoms with Crippen molar-refractivity contribution in [2.45, 2.75) is 12.8 Å². The van der Waals surface area contributed by atoms with Crippen molar-refractivity contribution in [1.82, 2.24) is 4.98 Å². The summed E-state index contributed by atoms with van der Waals surface area (Å²) in [4.78, 5) is 17.5. The molecule has 1 aromatic heterocycles. The van der Waals surface area contributed by atoms with E-state index in [-0.39, 0.29) is 11.7 Å². The van der Waals surface area contributed by atoms with Gasteiger partial charge in [-0.25, -0.2) is 9.37 Å². The molecule has 2 aromatic rings. The van der Waals surface area contributed by atoms with Gasteiger partial charge in [0.15, 0.2) is 5.13 Å². The maximum atomic E-state index is 12.7. The Kier molecular flexibility index (Phi) is 5.06. The van der Waals surface area contributed by atoms with Gasteiger partial charge >= 0.3 is 0 Å². The number of halogens is 1. The van der Waals surface area contributed by atoms with Crippen molar-refractivity contribution in [3.05, 3.63) is 41.7 Å². The predicted octanol–water partition coefficient (Wildman–Crippen LogP) is 3.10.